The first kappa shape index (κ1) is 21.1. The van der Waals surface area contributed by atoms with E-state index >= 15 is 0 Å². The van der Waals surface area contributed by atoms with Crippen molar-refractivity contribution < 1.29 is 14.7 Å². The van der Waals surface area contributed by atoms with E-state index < -0.39 is 6.10 Å². The molecule has 8 nitrogen and oxygen atoms in total. The minimum Gasteiger partial charge on any atom is -0.392 e. The quantitative estimate of drug-likeness (QED) is 0.672. The van der Waals surface area contributed by atoms with Crippen LogP contribution >= 0.6 is 0 Å². The van der Waals surface area contributed by atoms with Gasteiger partial charge >= 0.3 is 6.03 Å². The van der Waals surface area contributed by atoms with Gasteiger partial charge in [-0.3, -0.25) is 14.7 Å². The molecular weight excluding hydrogens is 382 g/mol. The zero-order valence-corrected chi connectivity index (χ0v) is 17.5. The number of pyridine rings is 1. The standard InChI is InChI=1S/C22H33N5O3/c28-19-12-20(21(29)24-14-16-4-3-9-23-13-16)27(15-19)18-7-10-26(11-8-18)22(30)25-17-5-1-2-6-17/h3-4,9,13,17-20,28H,1-2,5-8,10-12,14-15H2,(H,24,29)(H,25,30)/t19-,20+/m1/s1. The van der Waals surface area contributed by atoms with E-state index in [-0.39, 0.29) is 24.0 Å². The average molecular weight is 416 g/mol. The van der Waals surface area contributed by atoms with Gasteiger partial charge in [0.15, 0.2) is 0 Å². The van der Waals surface area contributed by atoms with Crippen LogP contribution in [-0.2, 0) is 11.3 Å². The van der Waals surface area contributed by atoms with Crippen molar-refractivity contribution in [2.45, 2.75) is 75.7 Å². The number of likely N-dealkylation sites (tertiary alicyclic amines) is 2. The number of nitrogens with zero attached hydrogens (tertiary/aromatic N) is 3. The third-order valence-electron chi connectivity index (χ3n) is 6.71. The largest absolute Gasteiger partial charge is 0.392 e. The van der Waals surface area contributed by atoms with Crippen molar-refractivity contribution in [3.63, 3.8) is 0 Å². The molecule has 0 bridgehead atoms. The maximum absolute atomic E-state index is 12.8. The number of aliphatic hydroxyl groups is 1. The van der Waals surface area contributed by atoms with Gasteiger partial charge in [-0.1, -0.05) is 18.9 Å². The summed E-state index contributed by atoms with van der Waals surface area (Å²) >= 11 is 0. The molecular formula is C22H33N5O3. The molecule has 2 aliphatic heterocycles. The van der Waals surface area contributed by atoms with E-state index in [0.717, 1.165) is 31.2 Å². The van der Waals surface area contributed by atoms with Gasteiger partial charge in [-0.2, -0.15) is 0 Å². The molecule has 3 amide bonds. The lowest BCUT2D eigenvalue weighted by atomic mass is 10.0. The highest BCUT2D eigenvalue weighted by Crippen LogP contribution is 2.27. The van der Waals surface area contributed by atoms with Crippen LogP contribution in [0.4, 0.5) is 4.79 Å². The number of urea groups is 1. The lowest BCUT2D eigenvalue weighted by Gasteiger charge is -2.39. The summed E-state index contributed by atoms with van der Waals surface area (Å²) in [6, 6.07) is 4.06. The van der Waals surface area contributed by atoms with E-state index in [1.165, 1.54) is 12.8 Å². The van der Waals surface area contributed by atoms with Crippen molar-refractivity contribution in [3.8, 4) is 0 Å². The van der Waals surface area contributed by atoms with Gasteiger partial charge in [0.25, 0.3) is 0 Å². The summed E-state index contributed by atoms with van der Waals surface area (Å²) in [6.07, 6.45) is 9.67. The number of nitrogens with one attached hydrogen (secondary N) is 2. The number of β-amino-alcohol motifs (C(OH)–C–C–N with tert-alkyl or cyclic N) is 1. The highest BCUT2D eigenvalue weighted by Gasteiger charge is 2.41. The maximum Gasteiger partial charge on any atom is 0.317 e. The predicted octanol–water partition coefficient (Wildman–Crippen LogP) is 1.25. The molecule has 8 heteroatoms. The summed E-state index contributed by atoms with van der Waals surface area (Å²) in [7, 11) is 0. The molecule has 3 N–H and O–H groups in total. The van der Waals surface area contributed by atoms with Gasteiger partial charge in [0.05, 0.1) is 12.1 Å². The van der Waals surface area contributed by atoms with Crippen LogP contribution in [0, 0.1) is 0 Å². The Morgan fingerprint density at radius 3 is 2.63 bits per heavy atom. The number of carbonyl (C=O) groups excluding carboxylic acids is 2. The van der Waals surface area contributed by atoms with Crippen LogP contribution in [0.25, 0.3) is 0 Å². The first-order chi connectivity index (χ1) is 14.6. The number of hydrogen-bond acceptors (Lipinski definition) is 5. The smallest absolute Gasteiger partial charge is 0.317 e. The molecule has 1 aromatic heterocycles. The first-order valence-corrected chi connectivity index (χ1v) is 11.3. The Bertz CT molecular complexity index is 717. The fourth-order valence-electron chi connectivity index (χ4n) is 5.05. The molecule has 3 aliphatic rings. The fourth-order valence-corrected chi connectivity index (χ4v) is 5.05. The Morgan fingerprint density at radius 2 is 1.93 bits per heavy atom. The lowest BCUT2D eigenvalue weighted by molar-refractivity contribution is -0.126. The van der Waals surface area contributed by atoms with Gasteiger partial charge in [-0.05, 0) is 43.7 Å². The van der Waals surface area contributed by atoms with Crippen LogP contribution in [-0.4, -0.2) is 75.7 Å². The molecule has 0 spiro atoms. The third kappa shape index (κ3) is 5.10. The number of aromatic nitrogens is 1. The van der Waals surface area contributed by atoms with Gasteiger partial charge in [0.1, 0.15) is 0 Å². The SMILES string of the molecule is O=C(NCc1cccnc1)[C@@H]1C[C@@H](O)CN1C1CCN(C(=O)NC2CCCC2)CC1. The molecule has 3 fully saturated rings. The number of rotatable bonds is 5. The number of amides is 3. The maximum atomic E-state index is 12.8. The van der Waals surface area contributed by atoms with E-state index in [1.54, 1.807) is 12.4 Å². The number of piperidine rings is 1. The minimum absolute atomic E-state index is 0.0446. The Labute approximate surface area is 178 Å². The summed E-state index contributed by atoms with van der Waals surface area (Å²) < 4.78 is 0. The van der Waals surface area contributed by atoms with Gasteiger partial charge in [0.2, 0.25) is 5.91 Å². The average Bonchev–Trinajstić information content (AvgIpc) is 3.42. The highest BCUT2D eigenvalue weighted by atomic mass is 16.3. The number of hydrogen-bond donors (Lipinski definition) is 3. The molecule has 164 valence electrons. The first-order valence-electron chi connectivity index (χ1n) is 11.3. The van der Waals surface area contributed by atoms with Crippen molar-refractivity contribution in [2.75, 3.05) is 19.6 Å². The Kier molecular flexibility index (Phi) is 6.84. The van der Waals surface area contributed by atoms with Crippen molar-refractivity contribution in [1.29, 1.82) is 0 Å². The molecule has 0 radical (unpaired) electrons. The molecule has 1 saturated carbocycles. The Morgan fingerprint density at radius 1 is 1.17 bits per heavy atom. The van der Waals surface area contributed by atoms with Crippen LogP contribution in [0.1, 0.15) is 50.5 Å². The van der Waals surface area contributed by atoms with E-state index in [1.807, 2.05) is 17.0 Å². The topological polar surface area (TPSA) is 97.8 Å². The van der Waals surface area contributed by atoms with E-state index in [9.17, 15) is 14.7 Å². The normalized spacial score (nSPS) is 26.1. The zero-order valence-electron chi connectivity index (χ0n) is 17.5. The molecule has 1 aromatic rings. The zero-order chi connectivity index (χ0) is 20.9. The second-order valence-corrected chi connectivity index (χ2v) is 8.83. The van der Waals surface area contributed by atoms with E-state index in [2.05, 4.69) is 20.5 Å². The number of carbonyl (C=O) groups is 2. The highest BCUT2D eigenvalue weighted by molar-refractivity contribution is 5.82. The Balaban J connectivity index is 1.28. The van der Waals surface area contributed by atoms with E-state index in [4.69, 9.17) is 0 Å². The molecule has 0 unspecified atom stereocenters. The third-order valence-corrected chi connectivity index (χ3v) is 6.71. The summed E-state index contributed by atoms with van der Waals surface area (Å²) in [4.78, 5) is 33.5. The van der Waals surface area contributed by atoms with E-state index in [0.29, 0.717) is 38.6 Å². The Hall–Kier alpha value is -2.19. The van der Waals surface area contributed by atoms with Crippen molar-refractivity contribution >= 4 is 11.9 Å². The van der Waals surface area contributed by atoms with Gasteiger partial charge in [-0.15, -0.1) is 0 Å². The van der Waals surface area contributed by atoms with Gasteiger partial charge in [-0.25, -0.2) is 4.79 Å². The summed E-state index contributed by atoms with van der Waals surface area (Å²) in [6.45, 7) is 2.34. The summed E-state index contributed by atoms with van der Waals surface area (Å²) in [5, 5.41) is 16.4. The van der Waals surface area contributed by atoms with Crippen LogP contribution in [0.2, 0.25) is 0 Å². The molecule has 30 heavy (non-hydrogen) atoms. The molecule has 2 saturated heterocycles. The van der Waals surface area contributed by atoms with Gasteiger partial charge in [0, 0.05) is 50.7 Å². The van der Waals surface area contributed by atoms with Crippen LogP contribution in [0.5, 0.6) is 0 Å². The molecule has 1 aliphatic carbocycles. The second-order valence-electron chi connectivity index (χ2n) is 8.83. The fraction of sp³-hybridized carbons (Fsp3) is 0.682. The monoisotopic (exact) mass is 415 g/mol. The van der Waals surface area contributed by atoms with Crippen molar-refractivity contribution in [3.05, 3.63) is 30.1 Å². The molecule has 4 rings (SSSR count). The summed E-state index contributed by atoms with van der Waals surface area (Å²) in [5.74, 6) is -0.0446. The second kappa shape index (κ2) is 9.75. The molecule has 2 atom stereocenters. The van der Waals surface area contributed by atoms with Crippen molar-refractivity contribution in [2.24, 2.45) is 0 Å². The van der Waals surface area contributed by atoms with Crippen LogP contribution in [0.3, 0.4) is 0 Å². The predicted molar refractivity (Wildman–Crippen MR) is 113 cm³/mol. The molecule has 0 aromatic carbocycles. The van der Waals surface area contributed by atoms with Gasteiger partial charge < -0.3 is 20.6 Å². The summed E-state index contributed by atoms with van der Waals surface area (Å²) in [5.41, 5.74) is 0.956. The van der Waals surface area contributed by atoms with Crippen molar-refractivity contribution in [1.82, 2.24) is 25.4 Å². The van der Waals surface area contributed by atoms with Crippen LogP contribution < -0.4 is 10.6 Å². The van der Waals surface area contributed by atoms with Crippen LogP contribution in [0.15, 0.2) is 24.5 Å². The minimum atomic E-state index is -0.483. The number of aliphatic hydroxyl groups excluding tert-OH is 1. The molecule has 3 heterocycles. The lowest BCUT2D eigenvalue weighted by Crippen LogP contribution is -2.54.